The fourth-order valence-electron chi connectivity index (χ4n) is 3.02. The maximum atomic E-state index is 6.14. The Morgan fingerprint density at radius 2 is 1.81 bits per heavy atom. The first kappa shape index (κ1) is 11.0. The third kappa shape index (κ3) is 1.88. The summed E-state index contributed by atoms with van der Waals surface area (Å²) >= 11 is 0. The van der Waals surface area contributed by atoms with Gasteiger partial charge < -0.3 is 18.9 Å². The highest BCUT2D eigenvalue weighted by atomic mass is 16.8. The van der Waals surface area contributed by atoms with E-state index in [9.17, 15) is 0 Å². The van der Waals surface area contributed by atoms with E-state index in [1.165, 1.54) is 19.3 Å². The van der Waals surface area contributed by atoms with Crippen molar-refractivity contribution in [3.05, 3.63) is 0 Å². The van der Waals surface area contributed by atoms with Gasteiger partial charge in [0.2, 0.25) is 0 Å². The second-order valence-corrected chi connectivity index (χ2v) is 5.02. The van der Waals surface area contributed by atoms with Crippen molar-refractivity contribution >= 4 is 0 Å². The Kier molecular flexibility index (Phi) is 2.92. The average Bonchev–Trinajstić information content (AvgIpc) is 2.66. The van der Waals surface area contributed by atoms with Crippen LogP contribution in [0.1, 0.15) is 38.5 Å². The summed E-state index contributed by atoms with van der Waals surface area (Å²) in [7, 11) is 1.68. The second kappa shape index (κ2) is 4.26. The predicted molar refractivity (Wildman–Crippen MR) is 56.9 cm³/mol. The van der Waals surface area contributed by atoms with Crippen molar-refractivity contribution in [2.45, 2.75) is 62.8 Å². The van der Waals surface area contributed by atoms with Gasteiger partial charge in [-0.25, -0.2) is 0 Å². The number of fused-ring (bicyclic) bond motifs is 1. The Hall–Kier alpha value is -0.160. The molecular formula is C12H20O4. The standard InChI is InChI=1S/C12H20O4/c1-13-11-7-9-10(8-14-11)16-12(15-9)5-3-2-4-6-12/h9-11H,2-8H2,1H3. The highest BCUT2D eigenvalue weighted by molar-refractivity contribution is 4.90. The molecule has 1 aliphatic carbocycles. The first-order valence-corrected chi connectivity index (χ1v) is 6.31. The van der Waals surface area contributed by atoms with Crippen LogP contribution >= 0.6 is 0 Å². The molecule has 0 N–H and O–H groups in total. The Balaban J connectivity index is 1.66. The summed E-state index contributed by atoms with van der Waals surface area (Å²) < 4.78 is 23.0. The lowest BCUT2D eigenvalue weighted by atomic mass is 9.94. The molecular weight excluding hydrogens is 208 g/mol. The van der Waals surface area contributed by atoms with Crippen molar-refractivity contribution in [2.75, 3.05) is 13.7 Å². The molecule has 2 saturated heterocycles. The summed E-state index contributed by atoms with van der Waals surface area (Å²) in [6.07, 6.45) is 6.77. The maximum Gasteiger partial charge on any atom is 0.169 e. The van der Waals surface area contributed by atoms with Crippen molar-refractivity contribution in [3.63, 3.8) is 0 Å². The maximum absolute atomic E-state index is 6.14. The van der Waals surface area contributed by atoms with Gasteiger partial charge in [0.15, 0.2) is 12.1 Å². The van der Waals surface area contributed by atoms with Crippen LogP contribution in [0.4, 0.5) is 0 Å². The zero-order chi connectivity index (χ0) is 11.0. The number of rotatable bonds is 1. The van der Waals surface area contributed by atoms with Crippen molar-refractivity contribution < 1.29 is 18.9 Å². The first-order chi connectivity index (χ1) is 7.81. The van der Waals surface area contributed by atoms with E-state index in [-0.39, 0.29) is 24.3 Å². The molecule has 3 fully saturated rings. The third-order valence-corrected chi connectivity index (χ3v) is 3.90. The monoisotopic (exact) mass is 228 g/mol. The van der Waals surface area contributed by atoms with Gasteiger partial charge in [-0.05, 0) is 12.8 Å². The highest BCUT2D eigenvalue weighted by Crippen LogP contribution is 2.43. The molecule has 3 unspecified atom stereocenters. The minimum absolute atomic E-state index is 0.115. The molecule has 3 atom stereocenters. The zero-order valence-corrected chi connectivity index (χ0v) is 9.81. The van der Waals surface area contributed by atoms with Crippen molar-refractivity contribution in [1.82, 2.24) is 0 Å². The Morgan fingerprint density at radius 3 is 2.56 bits per heavy atom. The summed E-state index contributed by atoms with van der Waals surface area (Å²) in [6.45, 7) is 0.602. The lowest BCUT2D eigenvalue weighted by Crippen LogP contribution is -2.39. The molecule has 92 valence electrons. The van der Waals surface area contributed by atoms with Gasteiger partial charge in [-0.1, -0.05) is 6.42 Å². The smallest absolute Gasteiger partial charge is 0.169 e. The van der Waals surface area contributed by atoms with Crippen molar-refractivity contribution in [3.8, 4) is 0 Å². The number of hydrogen-bond donors (Lipinski definition) is 0. The highest BCUT2D eigenvalue weighted by Gasteiger charge is 2.50. The molecule has 2 aliphatic heterocycles. The Morgan fingerprint density at radius 1 is 1.06 bits per heavy atom. The minimum atomic E-state index is -0.292. The predicted octanol–water partition coefficient (Wildman–Crippen LogP) is 1.82. The van der Waals surface area contributed by atoms with E-state index >= 15 is 0 Å². The van der Waals surface area contributed by atoms with Crippen LogP contribution in [0.25, 0.3) is 0 Å². The largest absolute Gasteiger partial charge is 0.356 e. The van der Waals surface area contributed by atoms with E-state index in [2.05, 4.69) is 0 Å². The van der Waals surface area contributed by atoms with Crippen LogP contribution in [0.15, 0.2) is 0 Å². The summed E-state index contributed by atoms with van der Waals surface area (Å²) in [5.41, 5.74) is 0. The van der Waals surface area contributed by atoms with Gasteiger partial charge in [0.1, 0.15) is 6.10 Å². The van der Waals surface area contributed by atoms with E-state index in [0.29, 0.717) is 6.61 Å². The van der Waals surface area contributed by atoms with Crippen LogP contribution in [-0.2, 0) is 18.9 Å². The molecule has 0 aromatic rings. The molecule has 2 heterocycles. The van der Waals surface area contributed by atoms with E-state index in [1.807, 2.05) is 0 Å². The summed E-state index contributed by atoms with van der Waals surface area (Å²) in [5.74, 6) is -0.292. The zero-order valence-electron chi connectivity index (χ0n) is 9.81. The number of ether oxygens (including phenoxy) is 4. The quantitative estimate of drug-likeness (QED) is 0.686. The summed E-state index contributed by atoms with van der Waals surface area (Å²) in [6, 6.07) is 0. The Labute approximate surface area is 96.2 Å². The topological polar surface area (TPSA) is 36.9 Å². The fraction of sp³-hybridized carbons (Fsp3) is 1.00. The molecule has 4 nitrogen and oxygen atoms in total. The van der Waals surface area contributed by atoms with Crippen LogP contribution in [0.5, 0.6) is 0 Å². The summed E-state index contributed by atoms with van der Waals surface area (Å²) in [5, 5.41) is 0. The van der Waals surface area contributed by atoms with E-state index in [1.54, 1.807) is 7.11 Å². The fourth-order valence-corrected chi connectivity index (χ4v) is 3.02. The van der Waals surface area contributed by atoms with Gasteiger partial charge in [0.05, 0.1) is 12.7 Å². The molecule has 0 aromatic carbocycles. The van der Waals surface area contributed by atoms with E-state index in [0.717, 1.165) is 19.3 Å². The molecule has 0 bridgehead atoms. The third-order valence-electron chi connectivity index (χ3n) is 3.90. The van der Waals surface area contributed by atoms with Crippen molar-refractivity contribution in [2.24, 2.45) is 0 Å². The van der Waals surface area contributed by atoms with Crippen LogP contribution in [0, 0.1) is 0 Å². The molecule has 16 heavy (non-hydrogen) atoms. The van der Waals surface area contributed by atoms with Gasteiger partial charge in [-0.2, -0.15) is 0 Å². The van der Waals surface area contributed by atoms with Crippen LogP contribution < -0.4 is 0 Å². The van der Waals surface area contributed by atoms with Crippen LogP contribution in [0.3, 0.4) is 0 Å². The normalized spacial score (nSPS) is 42.2. The molecule has 0 radical (unpaired) electrons. The molecule has 1 saturated carbocycles. The molecule has 0 aromatic heterocycles. The average molecular weight is 228 g/mol. The van der Waals surface area contributed by atoms with Crippen molar-refractivity contribution in [1.29, 1.82) is 0 Å². The molecule has 3 aliphatic rings. The second-order valence-electron chi connectivity index (χ2n) is 5.02. The summed E-state index contributed by atoms with van der Waals surface area (Å²) in [4.78, 5) is 0. The number of methoxy groups -OCH3 is 1. The van der Waals surface area contributed by atoms with Gasteiger partial charge >= 0.3 is 0 Å². The first-order valence-electron chi connectivity index (χ1n) is 6.31. The van der Waals surface area contributed by atoms with E-state index < -0.39 is 0 Å². The molecule has 0 amide bonds. The van der Waals surface area contributed by atoms with Gasteiger partial charge in [-0.3, -0.25) is 0 Å². The van der Waals surface area contributed by atoms with Crippen LogP contribution in [-0.4, -0.2) is 38.0 Å². The van der Waals surface area contributed by atoms with Crippen LogP contribution in [0.2, 0.25) is 0 Å². The molecule has 3 rings (SSSR count). The lowest BCUT2D eigenvalue weighted by Gasteiger charge is -2.31. The van der Waals surface area contributed by atoms with Gasteiger partial charge in [-0.15, -0.1) is 0 Å². The van der Waals surface area contributed by atoms with E-state index in [4.69, 9.17) is 18.9 Å². The Bertz CT molecular complexity index is 249. The van der Waals surface area contributed by atoms with Gasteiger partial charge in [0, 0.05) is 26.4 Å². The number of hydrogen-bond acceptors (Lipinski definition) is 4. The molecule has 1 spiro atoms. The SMILES string of the molecule is COC1CC2OC3(CCCCC3)OC2CO1. The van der Waals surface area contributed by atoms with Gasteiger partial charge in [0.25, 0.3) is 0 Å². The molecule has 4 heteroatoms. The minimum Gasteiger partial charge on any atom is -0.356 e. The lowest BCUT2D eigenvalue weighted by molar-refractivity contribution is -0.194.